The number of rotatable bonds is 3. The maximum Gasteiger partial charge on any atom is 0.341 e. The van der Waals surface area contributed by atoms with Gasteiger partial charge in [-0.1, -0.05) is 11.6 Å². The molecule has 6 heterocycles. The second-order valence-electron chi connectivity index (χ2n) is 10.1. The van der Waals surface area contributed by atoms with Gasteiger partial charge in [-0.25, -0.2) is 19.6 Å². The fourth-order valence-electron chi connectivity index (χ4n) is 4.63. The number of hydrogen-bond acceptors (Lipinski definition) is 10. The van der Waals surface area contributed by atoms with Gasteiger partial charge in [0.2, 0.25) is 22.7 Å². The van der Waals surface area contributed by atoms with Crippen molar-refractivity contribution in [3.63, 3.8) is 0 Å². The summed E-state index contributed by atoms with van der Waals surface area (Å²) in [5.74, 6) is -2.52. The highest BCUT2D eigenvalue weighted by Crippen LogP contribution is 2.22. The number of aromatic carboxylic acids is 2. The van der Waals surface area contributed by atoms with Crippen molar-refractivity contribution < 1.29 is 39.6 Å². The van der Waals surface area contributed by atoms with Crippen LogP contribution in [0.3, 0.4) is 0 Å². The Hall–Kier alpha value is -5.19. The topological polar surface area (TPSA) is 234 Å². The third-order valence-corrected chi connectivity index (χ3v) is 7.00. The number of nitrogens with zero attached hydrogens (tertiary/aromatic N) is 5. The van der Waals surface area contributed by atoms with Gasteiger partial charge in [0.25, 0.3) is 0 Å². The Morgan fingerprint density at radius 1 is 0.822 bits per heavy atom. The number of hydrogen-bond donors (Lipinski definition) is 5. The van der Waals surface area contributed by atoms with E-state index in [0.29, 0.717) is 18.0 Å². The van der Waals surface area contributed by atoms with Crippen LogP contribution in [0.2, 0.25) is 5.15 Å². The van der Waals surface area contributed by atoms with Crippen molar-refractivity contribution in [3.8, 4) is 0 Å². The lowest BCUT2D eigenvalue weighted by Gasteiger charge is -2.16. The van der Waals surface area contributed by atoms with Gasteiger partial charge in [0.1, 0.15) is 33.4 Å². The van der Waals surface area contributed by atoms with E-state index in [0.717, 1.165) is 0 Å². The number of carboxylic acid groups (broad SMARTS) is 2. The van der Waals surface area contributed by atoms with Gasteiger partial charge in [0.15, 0.2) is 0 Å². The molecule has 5 N–H and O–H groups in total. The number of aliphatic hydroxyl groups is 2. The van der Waals surface area contributed by atoms with Crippen LogP contribution in [0, 0.1) is 0 Å². The number of β-amino-alcohol motifs (C(OH)–C–C–N with tert-alkyl or cyclic N) is 2. The van der Waals surface area contributed by atoms with Crippen LogP contribution < -0.4 is 21.1 Å². The Labute approximate surface area is 257 Å². The molecule has 2 aliphatic heterocycles. The fourth-order valence-corrected chi connectivity index (χ4v) is 4.77. The number of halogens is 1. The van der Waals surface area contributed by atoms with Crippen LogP contribution in [0.25, 0.3) is 22.1 Å². The smallest absolute Gasteiger partial charge is 0.341 e. The molecule has 4 aromatic heterocycles. The summed E-state index contributed by atoms with van der Waals surface area (Å²) in [4.78, 5) is 77.3. The molecule has 16 nitrogen and oxygen atoms in total. The molecule has 45 heavy (non-hydrogen) atoms. The lowest BCUT2D eigenvalue weighted by atomic mass is 10.2. The van der Waals surface area contributed by atoms with Crippen LogP contribution in [-0.4, -0.2) is 88.6 Å². The molecule has 0 saturated carbocycles. The van der Waals surface area contributed by atoms with E-state index in [-0.39, 0.29) is 63.9 Å². The number of aryl methyl sites for hydroxylation is 2. The number of fused-ring (bicyclic) bond motifs is 2. The van der Waals surface area contributed by atoms with Crippen LogP contribution in [0.15, 0.2) is 46.2 Å². The SMILES string of the molecule is Cn1cc(C(=O)O)c(=O)c2ccc(Cl)nc21.Cn1cc(C(=O)O)c(=O)c2ccc(N3C[C@@H](O)CC3=O)nc21.O=C1C[C@H](O)CN1. The van der Waals surface area contributed by atoms with Gasteiger partial charge in [0.05, 0.1) is 42.4 Å². The molecule has 4 aromatic rings. The first-order chi connectivity index (χ1) is 21.2. The maximum absolute atomic E-state index is 12.1. The summed E-state index contributed by atoms with van der Waals surface area (Å²) in [6.07, 6.45) is 1.58. The minimum absolute atomic E-state index is 0.0383. The summed E-state index contributed by atoms with van der Waals surface area (Å²) >= 11 is 5.70. The first-order valence-corrected chi connectivity index (χ1v) is 13.6. The van der Waals surface area contributed by atoms with Crippen LogP contribution in [-0.2, 0) is 23.7 Å². The van der Waals surface area contributed by atoms with Gasteiger partial charge in [0, 0.05) is 33.0 Å². The number of carboxylic acids is 2. The summed E-state index contributed by atoms with van der Waals surface area (Å²) in [5, 5.41) is 39.2. The average Bonchev–Trinajstić information content (AvgIpc) is 3.54. The summed E-state index contributed by atoms with van der Waals surface area (Å²) in [7, 11) is 3.18. The summed E-state index contributed by atoms with van der Waals surface area (Å²) in [6.45, 7) is 0.581. The molecular weight excluding hydrogens is 616 g/mol. The Kier molecular flexibility index (Phi) is 9.60. The highest BCUT2D eigenvalue weighted by atomic mass is 35.5. The standard InChI is InChI=1S/C14H13N3O5.C10H7ClN2O3.C4H7NO2/c1-16-6-9(14(21)22)12(20)8-2-3-10(15-13(8)16)17-5-7(18)4-11(17)19;1-13-4-6(10(15)16)8(14)5-2-3-7(11)12-9(5)13;6-3-1-4(7)5-2-3/h2-3,6-7,18H,4-5H2,1H3,(H,21,22);2-4H,1H3,(H,15,16);3,6H,1-2H2,(H,5,7)/t7-;;3-/m0.0/s1. The largest absolute Gasteiger partial charge is 0.477 e. The van der Waals surface area contributed by atoms with E-state index in [9.17, 15) is 33.9 Å². The van der Waals surface area contributed by atoms with Crippen molar-refractivity contribution in [2.24, 2.45) is 14.1 Å². The van der Waals surface area contributed by atoms with Crippen LogP contribution >= 0.6 is 11.6 Å². The number of amides is 2. The number of pyridine rings is 4. The molecule has 6 rings (SSSR count). The predicted octanol–water partition coefficient (Wildman–Crippen LogP) is -0.118. The van der Waals surface area contributed by atoms with Gasteiger partial charge in [-0.2, -0.15) is 0 Å². The van der Waals surface area contributed by atoms with Gasteiger partial charge >= 0.3 is 11.9 Å². The summed E-state index contributed by atoms with van der Waals surface area (Å²) in [6, 6.07) is 5.85. The molecule has 236 valence electrons. The number of nitrogens with one attached hydrogen (secondary N) is 1. The fraction of sp³-hybridized carbons (Fsp3) is 0.286. The molecule has 2 atom stereocenters. The Bertz CT molecular complexity index is 1970. The minimum Gasteiger partial charge on any atom is -0.477 e. The number of carbonyl (C=O) groups excluding carboxylic acids is 2. The van der Waals surface area contributed by atoms with Gasteiger partial charge < -0.3 is 34.9 Å². The summed E-state index contributed by atoms with van der Waals surface area (Å²) in [5.41, 5.74) is -1.14. The van der Waals surface area contributed by atoms with E-state index in [2.05, 4.69) is 15.3 Å². The van der Waals surface area contributed by atoms with Gasteiger partial charge in [-0.05, 0) is 24.3 Å². The molecule has 0 radical (unpaired) electrons. The Balaban J connectivity index is 0.000000174. The second kappa shape index (κ2) is 13.2. The van der Waals surface area contributed by atoms with E-state index in [4.69, 9.17) is 26.9 Å². The molecule has 0 unspecified atom stereocenters. The van der Waals surface area contributed by atoms with Gasteiger partial charge in [-0.15, -0.1) is 0 Å². The third-order valence-electron chi connectivity index (χ3n) is 6.79. The zero-order chi connectivity index (χ0) is 33.2. The maximum atomic E-state index is 12.1. The van der Waals surface area contributed by atoms with Crippen LogP contribution in [0.4, 0.5) is 5.82 Å². The highest BCUT2D eigenvalue weighted by molar-refractivity contribution is 6.29. The molecule has 2 aliphatic rings. The molecular formula is C28H27ClN6O10. The van der Waals surface area contributed by atoms with Crippen molar-refractivity contribution in [2.75, 3.05) is 18.0 Å². The normalized spacial score (nSPS) is 17.4. The van der Waals surface area contributed by atoms with Crippen LogP contribution in [0.1, 0.15) is 33.6 Å². The molecule has 17 heteroatoms. The Morgan fingerprint density at radius 3 is 1.78 bits per heavy atom. The van der Waals surface area contributed by atoms with E-state index in [1.165, 1.54) is 50.7 Å². The van der Waals surface area contributed by atoms with E-state index >= 15 is 0 Å². The molecule has 0 spiro atoms. The first-order valence-electron chi connectivity index (χ1n) is 13.2. The van der Waals surface area contributed by atoms with Crippen molar-refractivity contribution in [1.29, 1.82) is 0 Å². The number of anilines is 1. The molecule has 2 saturated heterocycles. The van der Waals surface area contributed by atoms with Crippen molar-refractivity contribution in [3.05, 3.63) is 73.4 Å². The molecule has 0 aliphatic carbocycles. The minimum atomic E-state index is -1.30. The van der Waals surface area contributed by atoms with E-state index in [1.807, 2.05) is 0 Å². The number of carbonyl (C=O) groups is 4. The van der Waals surface area contributed by atoms with Crippen molar-refractivity contribution >= 4 is 63.2 Å². The first kappa shape index (κ1) is 32.7. The summed E-state index contributed by atoms with van der Waals surface area (Å²) < 4.78 is 2.90. The van der Waals surface area contributed by atoms with Crippen LogP contribution in [0.5, 0.6) is 0 Å². The van der Waals surface area contributed by atoms with Crippen molar-refractivity contribution in [1.82, 2.24) is 24.4 Å². The lowest BCUT2D eigenvalue weighted by Crippen LogP contribution is -2.27. The highest BCUT2D eigenvalue weighted by Gasteiger charge is 2.30. The molecule has 0 bridgehead atoms. The number of aromatic nitrogens is 4. The predicted molar refractivity (Wildman–Crippen MR) is 160 cm³/mol. The number of aliphatic hydroxyl groups excluding tert-OH is 2. The van der Waals surface area contributed by atoms with E-state index < -0.39 is 35.0 Å². The van der Waals surface area contributed by atoms with E-state index in [1.54, 1.807) is 14.1 Å². The monoisotopic (exact) mass is 642 g/mol. The molecule has 0 aromatic carbocycles. The molecule has 2 fully saturated rings. The quantitative estimate of drug-likeness (QED) is 0.184. The molecule has 2 amide bonds. The lowest BCUT2D eigenvalue weighted by molar-refractivity contribution is -0.119. The Morgan fingerprint density at radius 2 is 1.36 bits per heavy atom. The van der Waals surface area contributed by atoms with Gasteiger partial charge in [-0.3, -0.25) is 24.1 Å². The zero-order valence-corrected chi connectivity index (χ0v) is 24.6. The van der Waals surface area contributed by atoms with Crippen molar-refractivity contribution in [2.45, 2.75) is 25.0 Å². The third kappa shape index (κ3) is 7.14. The average molecular weight is 643 g/mol. The second-order valence-corrected chi connectivity index (χ2v) is 10.5. The zero-order valence-electron chi connectivity index (χ0n) is 23.8.